The number of fused-ring (bicyclic) bond motifs is 1. The van der Waals surface area contributed by atoms with Crippen LogP contribution >= 0.6 is 12.2 Å². The lowest BCUT2D eigenvalue weighted by Gasteiger charge is -2.08. The number of nitrogens with one attached hydrogen (secondary N) is 2. The Kier molecular flexibility index (Phi) is 5.23. The number of aromatic nitrogens is 1. The van der Waals surface area contributed by atoms with Crippen molar-refractivity contribution in [2.24, 2.45) is 0 Å². The minimum Gasteiger partial charge on any atom is -0.459 e. The SMILES string of the molecule is O=C(NC(=S)Nc1ccc2oc(-c3ccc(-c4ccccc4)cc3)nc2c1)c1ccco1. The quantitative estimate of drug-likeness (QED) is 0.340. The van der Waals surface area contributed by atoms with Gasteiger partial charge in [-0.2, -0.15) is 0 Å². The Hall–Kier alpha value is -4.23. The Morgan fingerprint density at radius 3 is 2.34 bits per heavy atom. The van der Waals surface area contributed by atoms with E-state index in [1.54, 1.807) is 18.2 Å². The van der Waals surface area contributed by atoms with Crippen molar-refractivity contribution in [1.82, 2.24) is 10.3 Å². The molecule has 0 fully saturated rings. The number of carbonyl (C=O) groups is 1. The van der Waals surface area contributed by atoms with Crippen molar-refractivity contribution < 1.29 is 13.6 Å². The summed E-state index contributed by atoms with van der Waals surface area (Å²) in [5.74, 6) is 0.297. The van der Waals surface area contributed by atoms with Crippen LogP contribution in [0, 0.1) is 0 Å². The van der Waals surface area contributed by atoms with Gasteiger partial charge in [-0.1, -0.05) is 42.5 Å². The monoisotopic (exact) mass is 439 g/mol. The van der Waals surface area contributed by atoms with Crippen molar-refractivity contribution >= 4 is 40.0 Å². The molecule has 0 aliphatic carbocycles. The maximum Gasteiger partial charge on any atom is 0.293 e. The van der Waals surface area contributed by atoms with E-state index >= 15 is 0 Å². The van der Waals surface area contributed by atoms with Gasteiger partial charge in [0.2, 0.25) is 5.89 Å². The van der Waals surface area contributed by atoms with Crippen molar-refractivity contribution in [3.05, 3.63) is 97.0 Å². The fraction of sp³-hybridized carbons (Fsp3) is 0. The van der Waals surface area contributed by atoms with E-state index in [4.69, 9.17) is 21.1 Å². The summed E-state index contributed by atoms with van der Waals surface area (Å²) < 4.78 is 11.0. The molecule has 32 heavy (non-hydrogen) atoms. The van der Waals surface area contributed by atoms with Gasteiger partial charge in [-0.25, -0.2) is 4.98 Å². The second kappa shape index (κ2) is 8.49. The zero-order chi connectivity index (χ0) is 21.9. The van der Waals surface area contributed by atoms with Crippen LogP contribution in [0.2, 0.25) is 0 Å². The normalized spacial score (nSPS) is 10.8. The molecule has 5 aromatic rings. The van der Waals surface area contributed by atoms with E-state index in [-0.39, 0.29) is 10.9 Å². The minimum absolute atomic E-state index is 0.158. The van der Waals surface area contributed by atoms with E-state index in [1.807, 2.05) is 54.6 Å². The highest BCUT2D eigenvalue weighted by Crippen LogP contribution is 2.28. The van der Waals surface area contributed by atoms with Crippen molar-refractivity contribution in [1.29, 1.82) is 0 Å². The summed E-state index contributed by atoms with van der Waals surface area (Å²) in [4.78, 5) is 16.6. The first-order chi connectivity index (χ1) is 15.7. The summed E-state index contributed by atoms with van der Waals surface area (Å²) in [6.45, 7) is 0. The zero-order valence-corrected chi connectivity index (χ0v) is 17.6. The maximum atomic E-state index is 12.0. The Morgan fingerprint density at radius 1 is 0.844 bits per heavy atom. The zero-order valence-electron chi connectivity index (χ0n) is 16.7. The molecule has 5 rings (SSSR count). The molecule has 2 aromatic heterocycles. The summed E-state index contributed by atoms with van der Waals surface area (Å²) in [6, 6.07) is 26.9. The van der Waals surface area contributed by atoms with E-state index in [0.717, 1.165) is 16.7 Å². The highest BCUT2D eigenvalue weighted by Gasteiger charge is 2.12. The molecule has 6 nitrogen and oxygen atoms in total. The Balaban J connectivity index is 1.32. The van der Waals surface area contributed by atoms with E-state index < -0.39 is 5.91 Å². The van der Waals surface area contributed by atoms with Gasteiger partial charge in [0.15, 0.2) is 16.5 Å². The number of nitrogens with zero attached hydrogens (tertiary/aromatic N) is 1. The molecule has 0 radical (unpaired) electrons. The second-order valence-corrected chi connectivity index (χ2v) is 7.44. The van der Waals surface area contributed by atoms with Gasteiger partial charge in [0.05, 0.1) is 6.26 Å². The van der Waals surface area contributed by atoms with Crippen molar-refractivity contribution in [3.8, 4) is 22.6 Å². The van der Waals surface area contributed by atoms with Crippen LogP contribution < -0.4 is 10.6 Å². The standard InChI is InChI=1S/C25H17N3O3S/c29-23(22-7-4-14-30-22)28-25(32)26-19-12-13-21-20(15-19)27-24(31-21)18-10-8-17(9-11-18)16-5-2-1-3-6-16/h1-15H,(H2,26,28,29,32). The highest BCUT2D eigenvalue weighted by atomic mass is 32.1. The number of carbonyl (C=O) groups excluding carboxylic acids is 1. The number of oxazole rings is 1. The summed E-state index contributed by atoms with van der Waals surface area (Å²) in [5, 5.41) is 5.71. The lowest BCUT2D eigenvalue weighted by Crippen LogP contribution is -2.33. The van der Waals surface area contributed by atoms with E-state index in [2.05, 4.69) is 27.8 Å². The van der Waals surface area contributed by atoms with E-state index in [9.17, 15) is 4.79 Å². The topological polar surface area (TPSA) is 80.3 Å². The van der Waals surface area contributed by atoms with Crippen LogP contribution in [0.4, 0.5) is 5.69 Å². The molecule has 0 unspecified atom stereocenters. The van der Waals surface area contributed by atoms with Crippen molar-refractivity contribution in [3.63, 3.8) is 0 Å². The van der Waals surface area contributed by atoms with Gasteiger partial charge in [-0.05, 0) is 65.8 Å². The Labute approximate surface area is 188 Å². The number of rotatable bonds is 4. The molecule has 1 amide bonds. The molecule has 7 heteroatoms. The van der Waals surface area contributed by atoms with Crippen LogP contribution in [0.3, 0.4) is 0 Å². The van der Waals surface area contributed by atoms with Crippen LogP contribution in [0.1, 0.15) is 10.6 Å². The van der Waals surface area contributed by atoms with Gasteiger partial charge >= 0.3 is 0 Å². The Bertz CT molecular complexity index is 1390. The summed E-state index contributed by atoms with van der Waals surface area (Å²) >= 11 is 5.21. The first kappa shape index (κ1) is 19.7. The fourth-order valence-electron chi connectivity index (χ4n) is 3.30. The fourth-order valence-corrected chi connectivity index (χ4v) is 3.51. The predicted molar refractivity (Wildman–Crippen MR) is 127 cm³/mol. The van der Waals surface area contributed by atoms with Gasteiger partial charge in [-0.15, -0.1) is 0 Å². The number of benzene rings is 3. The average Bonchev–Trinajstić information content (AvgIpc) is 3.50. The molecule has 156 valence electrons. The predicted octanol–water partition coefficient (Wildman–Crippen LogP) is 5.88. The molecular weight excluding hydrogens is 422 g/mol. The molecule has 0 bridgehead atoms. The minimum atomic E-state index is -0.420. The molecular formula is C25H17N3O3S. The number of furan rings is 1. The smallest absolute Gasteiger partial charge is 0.293 e. The second-order valence-electron chi connectivity index (χ2n) is 7.03. The average molecular weight is 439 g/mol. The molecule has 2 N–H and O–H groups in total. The lowest BCUT2D eigenvalue weighted by atomic mass is 10.0. The molecule has 3 aromatic carbocycles. The molecule has 0 aliphatic rings. The number of thiocarbonyl (C=S) groups is 1. The van der Waals surface area contributed by atoms with Crippen LogP contribution in [-0.2, 0) is 0 Å². The summed E-state index contributed by atoms with van der Waals surface area (Å²) in [7, 11) is 0. The van der Waals surface area contributed by atoms with Gasteiger partial charge in [0, 0.05) is 11.3 Å². The van der Waals surface area contributed by atoms with Gasteiger partial charge in [0.25, 0.3) is 5.91 Å². The number of hydrogen-bond donors (Lipinski definition) is 2. The lowest BCUT2D eigenvalue weighted by molar-refractivity contribution is 0.0950. The molecule has 0 saturated carbocycles. The van der Waals surface area contributed by atoms with Gasteiger partial charge in [0.1, 0.15) is 5.52 Å². The number of hydrogen-bond acceptors (Lipinski definition) is 5. The largest absolute Gasteiger partial charge is 0.459 e. The first-order valence-corrected chi connectivity index (χ1v) is 10.3. The Morgan fingerprint density at radius 2 is 1.59 bits per heavy atom. The van der Waals surface area contributed by atoms with E-state index in [1.165, 1.54) is 6.26 Å². The molecule has 0 saturated heterocycles. The molecule has 0 spiro atoms. The van der Waals surface area contributed by atoms with Crippen LogP contribution in [-0.4, -0.2) is 16.0 Å². The number of amides is 1. The number of anilines is 1. The third-order valence-electron chi connectivity index (χ3n) is 4.86. The van der Waals surface area contributed by atoms with Gasteiger partial charge < -0.3 is 14.2 Å². The van der Waals surface area contributed by atoms with Crippen molar-refractivity contribution in [2.75, 3.05) is 5.32 Å². The maximum absolute atomic E-state index is 12.0. The summed E-state index contributed by atoms with van der Waals surface area (Å²) in [6.07, 6.45) is 1.43. The van der Waals surface area contributed by atoms with Crippen molar-refractivity contribution in [2.45, 2.75) is 0 Å². The third-order valence-corrected chi connectivity index (χ3v) is 5.06. The summed E-state index contributed by atoms with van der Waals surface area (Å²) in [5.41, 5.74) is 5.18. The molecule has 2 heterocycles. The van der Waals surface area contributed by atoms with Crippen LogP contribution in [0.15, 0.2) is 100 Å². The van der Waals surface area contributed by atoms with Crippen LogP contribution in [0.5, 0.6) is 0 Å². The van der Waals surface area contributed by atoms with E-state index in [0.29, 0.717) is 22.7 Å². The molecule has 0 atom stereocenters. The van der Waals surface area contributed by atoms with Crippen LogP contribution in [0.25, 0.3) is 33.7 Å². The van der Waals surface area contributed by atoms with Gasteiger partial charge in [-0.3, -0.25) is 10.1 Å². The highest BCUT2D eigenvalue weighted by molar-refractivity contribution is 7.80. The third kappa shape index (κ3) is 4.14. The molecule has 0 aliphatic heterocycles. The first-order valence-electron chi connectivity index (χ1n) is 9.88.